The molecule has 5 nitrogen and oxygen atoms in total. The second kappa shape index (κ2) is 6.45. The fraction of sp³-hybridized carbons (Fsp3) is 0.182. The summed E-state index contributed by atoms with van der Waals surface area (Å²) < 4.78 is 53.4. The average molecular weight is 287 g/mol. The summed E-state index contributed by atoms with van der Waals surface area (Å²) in [6, 6.07) is 0. The lowest BCUT2D eigenvalue weighted by molar-refractivity contribution is 0.0683. The number of carbonyl (C=O) groups is 1. The number of azide groups is 1. The number of carboxylic acid groups (broad SMARTS) is 1. The van der Waals surface area contributed by atoms with Crippen molar-refractivity contribution >= 4 is 5.97 Å². The SMILES string of the molecule is [N-]=[N+]=NCCC#Cc1c(F)c(F)c(C(=O)O)c(F)c1F. The monoisotopic (exact) mass is 287 g/mol. The standard InChI is InChI=1S/C11H5F4N3O2/c12-7-5(3-1-2-4-17-18-16)8(13)10(15)6(9(7)14)11(19)20/h2,4H2,(H,19,20). The molecule has 1 aromatic rings. The molecule has 0 aliphatic carbocycles. The van der Waals surface area contributed by atoms with Gasteiger partial charge in [0.15, 0.2) is 23.3 Å². The van der Waals surface area contributed by atoms with Crippen LogP contribution in [-0.2, 0) is 0 Å². The lowest BCUT2D eigenvalue weighted by Crippen LogP contribution is -2.11. The molecule has 1 N–H and O–H groups in total. The number of rotatable bonds is 3. The molecule has 0 aromatic heterocycles. The Morgan fingerprint density at radius 1 is 1.20 bits per heavy atom. The van der Waals surface area contributed by atoms with Gasteiger partial charge in [-0.3, -0.25) is 0 Å². The van der Waals surface area contributed by atoms with Crippen molar-refractivity contribution in [2.24, 2.45) is 5.11 Å². The van der Waals surface area contributed by atoms with Gasteiger partial charge in [0.25, 0.3) is 0 Å². The number of hydrogen-bond acceptors (Lipinski definition) is 2. The van der Waals surface area contributed by atoms with Gasteiger partial charge in [0.1, 0.15) is 11.1 Å². The summed E-state index contributed by atoms with van der Waals surface area (Å²) in [5.41, 5.74) is 5.02. The fourth-order valence-corrected chi connectivity index (χ4v) is 1.23. The molecule has 104 valence electrons. The molecule has 0 saturated carbocycles. The summed E-state index contributed by atoms with van der Waals surface area (Å²) in [7, 11) is 0. The van der Waals surface area contributed by atoms with Crippen molar-refractivity contribution in [1.82, 2.24) is 0 Å². The van der Waals surface area contributed by atoms with Gasteiger partial charge in [0, 0.05) is 17.9 Å². The van der Waals surface area contributed by atoms with Crippen LogP contribution < -0.4 is 0 Å². The number of aromatic carboxylic acids is 1. The Labute approximate surface area is 109 Å². The highest BCUT2D eigenvalue weighted by Gasteiger charge is 2.28. The largest absolute Gasteiger partial charge is 0.477 e. The molecule has 9 heteroatoms. The molecule has 0 unspecified atom stereocenters. The zero-order valence-electron chi connectivity index (χ0n) is 9.62. The van der Waals surface area contributed by atoms with Crippen LogP contribution in [-0.4, -0.2) is 17.6 Å². The fourth-order valence-electron chi connectivity index (χ4n) is 1.23. The molecule has 0 bridgehead atoms. The van der Waals surface area contributed by atoms with E-state index >= 15 is 0 Å². The summed E-state index contributed by atoms with van der Waals surface area (Å²) in [5, 5.41) is 11.5. The van der Waals surface area contributed by atoms with E-state index in [0.717, 1.165) is 0 Å². The minimum Gasteiger partial charge on any atom is -0.477 e. The van der Waals surface area contributed by atoms with E-state index in [0.29, 0.717) is 0 Å². The van der Waals surface area contributed by atoms with Crippen molar-refractivity contribution in [1.29, 1.82) is 0 Å². The number of hydrogen-bond donors (Lipinski definition) is 1. The van der Waals surface area contributed by atoms with E-state index in [1.165, 1.54) is 0 Å². The van der Waals surface area contributed by atoms with Crippen LogP contribution in [0.4, 0.5) is 17.6 Å². The van der Waals surface area contributed by atoms with Gasteiger partial charge in [-0.15, -0.1) is 0 Å². The number of benzene rings is 1. The van der Waals surface area contributed by atoms with Gasteiger partial charge < -0.3 is 5.11 Å². The number of nitrogens with zero attached hydrogens (tertiary/aromatic N) is 3. The Morgan fingerprint density at radius 3 is 2.20 bits per heavy atom. The minimum absolute atomic E-state index is 0.0904. The van der Waals surface area contributed by atoms with E-state index in [1.54, 1.807) is 0 Å². The first kappa shape index (κ1) is 15.3. The Hall–Kier alpha value is -2.72. The predicted molar refractivity (Wildman–Crippen MR) is 58.7 cm³/mol. The van der Waals surface area contributed by atoms with Crippen LogP contribution in [0.5, 0.6) is 0 Å². The van der Waals surface area contributed by atoms with E-state index < -0.39 is 40.4 Å². The lowest BCUT2D eigenvalue weighted by Gasteiger charge is -2.05. The molecular weight excluding hydrogens is 282 g/mol. The second-order valence-corrected chi connectivity index (χ2v) is 3.32. The van der Waals surface area contributed by atoms with Gasteiger partial charge in [-0.25, -0.2) is 22.4 Å². The molecule has 20 heavy (non-hydrogen) atoms. The molecule has 0 fully saturated rings. The molecule has 0 radical (unpaired) electrons. The quantitative estimate of drug-likeness (QED) is 0.176. The van der Waals surface area contributed by atoms with Gasteiger partial charge >= 0.3 is 5.97 Å². The summed E-state index contributed by atoms with van der Waals surface area (Å²) in [5.74, 6) is -6.01. The third-order valence-corrected chi connectivity index (χ3v) is 2.09. The smallest absolute Gasteiger partial charge is 0.341 e. The van der Waals surface area contributed by atoms with Gasteiger partial charge in [0.2, 0.25) is 0 Å². The first-order valence-electron chi connectivity index (χ1n) is 5.00. The third-order valence-electron chi connectivity index (χ3n) is 2.09. The van der Waals surface area contributed by atoms with Gasteiger partial charge in [-0.1, -0.05) is 17.0 Å². The minimum atomic E-state index is -2.14. The van der Waals surface area contributed by atoms with Crippen molar-refractivity contribution in [3.8, 4) is 11.8 Å². The van der Waals surface area contributed by atoms with E-state index in [2.05, 4.69) is 15.9 Å². The van der Waals surface area contributed by atoms with Crippen molar-refractivity contribution in [2.45, 2.75) is 6.42 Å². The van der Waals surface area contributed by atoms with E-state index in [9.17, 15) is 22.4 Å². The molecule has 0 heterocycles. The maximum atomic E-state index is 13.4. The summed E-state index contributed by atoms with van der Waals surface area (Å²) in [6.45, 7) is -0.0923. The van der Waals surface area contributed by atoms with Crippen LogP contribution in [0, 0.1) is 35.1 Å². The predicted octanol–water partition coefficient (Wildman–Crippen LogP) is 2.99. The van der Waals surface area contributed by atoms with Crippen LogP contribution >= 0.6 is 0 Å². The average Bonchev–Trinajstić information content (AvgIpc) is 2.39. The first-order chi connectivity index (χ1) is 9.41. The van der Waals surface area contributed by atoms with Crippen LogP contribution in [0.1, 0.15) is 22.3 Å². The van der Waals surface area contributed by atoms with Gasteiger partial charge in [-0.05, 0) is 5.53 Å². The molecule has 1 aromatic carbocycles. The Kier molecular flexibility index (Phi) is 4.94. The van der Waals surface area contributed by atoms with Crippen LogP contribution in [0.15, 0.2) is 5.11 Å². The van der Waals surface area contributed by atoms with Crippen LogP contribution in [0.25, 0.3) is 10.4 Å². The molecule has 0 saturated heterocycles. The molecule has 1 rings (SSSR count). The van der Waals surface area contributed by atoms with Crippen molar-refractivity contribution in [3.63, 3.8) is 0 Å². The zero-order valence-corrected chi connectivity index (χ0v) is 9.62. The number of carboxylic acids is 1. The Balaban J connectivity index is 3.29. The van der Waals surface area contributed by atoms with Gasteiger partial charge in [0.05, 0.1) is 0 Å². The first-order valence-corrected chi connectivity index (χ1v) is 5.00. The van der Waals surface area contributed by atoms with E-state index in [1.807, 2.05) is 5.92 Å². The molecule has 0 aliphatic heterocycles. The van der Waals surface area contributed by atoms with Crippen molar-refractivity contribution in [2.75, 3.05) is 6.54 Å². The second-order valence-electron chi connectivity index (χ2n) is 3.32. The van der Waals surface area contributed by atoms with Crippen molar-refractivity contribution < 1.29 is 27.5 Å². The summed E-state index contributed by atoms with van der Waals surface area (Å²) in [4.78, 5) is 12.9. The van der Waals surface area contributed by atoms with E-state index in [4.69, 9.17) is 10.6 Å². The van der Waals surface area contributed by atoms with Crippen molar-refractivity contribution in [3.05, 3.63) is 44.8 Å². The molecule has 0 spiro atoms. The third kappa shape index (κ3) is 2.99. The number of halogens is 4. The van der Waals surface area contributed by atoms with Crippen LogP contribution in [0.3, 0.4) is 0 Å². The maximum absolute atomic E-state index is 13.4. The normalized spacial score (nSPS) is 9.40. The highest BCUT2D eigenvalue weighted by molar-refractivity contribution is 5.88. The summed E-state index contributed by atoms with van der Waals surface area (Å²) in [6.07, 6.45) is -0.0904. The molecule has 0 amide bonds. The van der Waals surface area contributed by atoms with Crippen LogP contribution in [0.2, 0.25) is 0 Å². The highest BCUT2D eigenvalue weighted by atomic mass is 19.2. The Morgan fingerprint density at radius 2 is 1.75 bits per heavy atom. The Bertz CT molecular complexity index is 643. The maximum Gasteiger partial charge on any atom is 0.341 e. The lowest BCUT2D eigenvalue weighted by atomic mass is 10.1. The molecule has 0 aliphatic rings. The zero-order chi connectivity index (χ0) is 15.3. The van der Waals surface area contributed by atoms with E-state index in [-0.39, 0.29) is 13.0 Å². The van der Waals surface area contributed by atoms with Gasteiger partial charge in [-0.2, -0.15) is 0 Å². The molecular formula is C11H5F4N3O2. The topological polar surface area (TPSA) is 86.1 Å². The highest BCUT2D eigenvalue weighted by Crippen LogP contribution is 2.23. The summed E-state index contributed by atoms with van der Waals surface area (Å²) >= 11 is 0. The molecule has 0 atom stereocenters.